The normalized spacial score (nSPS) is 15.2. The van der Waals surface area contributed by atoms with Gasteiger partial charge in [0.1, 0.15) is 4.83 Å². The Bertz CT molecular complexity index is 166. The molecule has 4 nitrogen and oxygen atoms in total. The molecular formula is C6H9BrO4. The van der Waals surface area contributed by atoms with E-state index in [1.165, 1.54) is 6.92 Å². The third kappa shape index (κ3) is 3.98. The Morgan fingerprint density at radius 2 is 1.91 bits per heavy atom. The molecule has 0 saturated heterocycles. The number of carbonyl (C=O) groups excluding carboxylic acids is 1. The first kappa shape index (κ1) is 10.4. The number of carbonyl (C=O) groups is 2. The van der Waals surface area contributed by atoms with Crippen molar-refractivity contribution in [3.8, 4) is 0 Å². The maximum atomic E-state index is 10.7. The van der Waals surface area contributed by atoms with Crippen molar-refractivity contribution in [3.05, 3.63) is 0 Å². The van der Waals surface area contributed by atoms with Gasteiger partial charge in [0, 0.05) is 0 Å². The van der Waals surface area contributed by atoms with Crippen LogP contribution in [0.2, 0.25) is 0 Å². The first-order chi connectivity index (χ1) is 4.95. The highest BCUT2D eigenvalue weighted by Crippen LogP contribution is 2.02. The maximum absolute atomic E-state index is 10.7. The quantitative estimate of drug-likeness (QED) is 0.569. The number of alkyl halides is 1. The summed E-state index contributed by atoms with van der Waals surface area (Å²) in [5, 5.41) is 8.32. The second-order valence-corrected chi connectivity index (χ2v) is 3.41. The van der Waals surface area contributed by atoms with Crippen molar-refractivity contribution < 1.29 is 19.4 Å². The van der Waals surface area contributed by atoms with Crippen LogP contribution in [0.3, 0.4) is 0 Å². The summed E-state index contributed by atoms with van der Waals surface area (Å²) in [6.07, 6.45) is -1.08. The van der Waals surface area contributed by atoms with E-state index in [1.54, 1.807) is 6.92 Å². The predicted molar refractivity (Wildman–Crippen MR) is 41.6 cm³/mol. The Hall–Kier alpha value is -0.580. The van der Waals surface area contributed by atoms with E-state index in [9.17, 15) is 9.59 Å². The van der Waals surface area contributed by atoms with Crippen molar-refractivity contribution in [2.75, 3.05) is 0 Å². The molecule has 0 rings (SSSR count). The molecule has 0 aliphatic rings. The van der Waals surface area contributed by atoms with Gasteiger partial charge < -0.3 is 9.84 Å². The van der Waals surface area contributed by atoms with Crippen molar-refractivity contribution in [1.82, 2.24) is 0 Å². The van der Waals surface area contributed by atoms with Gasteiger partial charge in [-0.15, -0.1) is 0 Å². The van der Waals surface area contributed by atoms with Crippen molar-refractivity contribution in [1.29, 1.82) is 0 Å². The minimum absolute atomic E-state index is 0.468. The van der Waals surface area contributed by atoms with E-state index in [-0.39, 0.29) is 0 Å². The van der Waals surface area contributed by atoms with Crippen molar-refractivity contribution >= 4 is 27.9 Å². The van der Waals surface area contributed by atoms with Crippen LogP contribution in [0.25, 0.3) is 0 Å². The molecule has 64 valence electrons. The summed E-state index contributed by atoms with van der Waals surface area (Å²) in [5.74, 6) is -1.72. The Kier molecular flexibility index (Phi) is 4.10. The molecule has 0 spiro atoms. The predicted octanol–water partition coefficient (Wildman–Crippen LogP) is 0.786. The van der Waals surface area contributed by atoms with Crippen molar-refractivity contribution in [3.63, 3.8) is 0 Å². The van der Waals surface area contributed by atoms with Crippen LogP contribution in [0, 0.1) is 0 Å². The monoisotopic (exact) mass is 224 g/mol. The van der Waals surface area contributed by atoms with E-state index in [2.05, 4.69) is 20.7 Å². The third-order valence-corrected chi connectivity index (χ3v) is 1.34. The number of ether oxygens (including phenoxy) is 1. The molecule has 0 bridgehead atoms. The number of carboxylic acid groups (broad SMARTS) is 1. The minimum atomic E-state index is -1.15. The molecule has 0 saturated carbocycles. The smallest absolute Gasteiger partial charge is 0.344 e. The van der Waals surface area contributed by atoms with Gasteiger partial charge in [-0.1, -0.05) is 15.9 Å². The zero-order valence-corrected chi connectivity index (χ0v) is 7.79. The summed E-state index contributed by atoms with van der Waals surface area (Å²) in [6.45, 7) is 2.87. The second kappa shape index (κ2) is 4.33. The number of esters is 1. The van der Waals surface area contributed by atoms with Crippen LogP contribution in [0.4, 0.5) is 0 Å². The number of rotatable bonds is 3. The highest BCUT2D eigenvalue weighted by Gasteiger charge is 2.18. The van der Waals surface area contributed by atoms with Gasteiger partial charge >= 0.3 is 11.9 Å². The fourth-order valence-electron chi connectivity index (χ4n) is 0.318. The molecule has 0 aromatic heterocycles. The molecule has 0 aliphatic carbocycles. The lowest BCUT2D eigenvalue weighted by molar-refractivity contribution is -0.161. The van der Waals surface area contributed by atoms with Gasteiger partial charge in [0.2, 0.25) is 0 Å². The zero-order valence-electron chi connectivity index (χ0n) is 6.20. The van der Waals surface area contributed by atoms with E-state index in [0.29, 0.717) is 0 Å². The van der Waals surface area contributed by atoms with E-state index in [4.69, 9.17) is 5.11 Å². The molecule has 0 aromatic rings. The van der Waals surface area contributed by atoms with E-state index in [1.807, 2.05) is 0 Å². The Morgan fingerprint density at radius 1 is 1.45 bits per heavy atom. The Labute approximate surface area is 72.7 Å². The summed E-state index contributed by atoms with van der Waals surface area (Å²) in [5.41, 5.74) is 0. The SMILES string of the molecule is C[C@H](Br)C(=O)O[C@@H](C)C(=O)O. The lowest BCUT2D eigenvalue weighted by Gasteiger charge is -2.09. The van der Waals surface area contributed by atoms with E-state index >= 15 is 0 Å². The molecule has 2 atom stereocenters. The fourth-order valence-corrected chi connectivity index (χ4v) is 0.426. The number of aliphatic carboxylic acids is 1. The van der Waals surface area contributed by atoms with Crippen LogP contribution in [-0.4, -0.2) is 28.0 Å². The molecule has 0 unspecified atom stereocenters. The van der Waals surface area contributed by atoms with Crippen LogP contribution in [-0.2, 0) is 14.3 Å². The summed E-state index contributed by atoms with van der Waals surface area (Å²) >= 11 is 2.95. The molecule has 0 aromatic carbocycles. The Balaban J connectivity index is 3.85. The van der Waals surface area contributed by atoms with Gasteiger partial charge in [-0.05, 0) is 13.8 Å². The van der Waals surface area contributed by atoms with Gasteiger partial charge in [-0.25, -0.2) is 4.79 Å². The molecule has 0 heterocycles. The largest absolute Gasteiger partial charge is 0.479 e. The van der Waals surface area contributed by atoms with Gasteiger partial charge in [-0.3, -0.25) is 4.79 Å². The molecule has 5 heteroatoms. The van der Waals surface area contributed by atoms with Crippen molar-refractivity contribution in [2.45, 2.75) is 24.8 Å². The lowest BCUT2D eigenvalue weighted by Crippen LogP contribution is -2.26. The highest BCUT2D eigenvalue weighted by molar-refractivity contribution is 9.10. The number of hydrogen-bond donors (Lipinski definition) is 1. The van der Waals surface area contributed by atoms with Gasteiger partial charge in [0.05, 0.1) is 0 Å². The molecule has 1 N–H and O–H groups in total. The van der Waals surface area contributed by atoms with Gasteiger partial charge in [0.25, 0.3) is 0 Å². The van der Waals surface area contributed by atoms with Gasteiger partial charge in [-0.2, -0.15) is 0 Å². The third-order valence-electron chi connectivity index (χ3n) is 0.965. The van der Waals surface area contributed by atoms with E-state index < -0.39 is 22.9 Å². The molecule has 11 heavy (non-hydrogen) atoms. The summed E-state index contributed by atoms with van der Waals surface area (Å²) in [6, 6.07) is 0. The molecule has 0 aliphatic heterocycles. The summed E-state index contributed by atoms with van der Waals surface area (Å²) in [4.78, 5) is 20.4. The van der Waals surface area contributed by atoms with Gasteiger partial charge in [0.15, 0.2) is 6.10 Å². The van der Waals surface area contributed by atoms with Crippen LogP contribution in [0.15, 0.2) is 0 Å². The average molecular weight is 225 g/mol. The number of hydrogen-bond acceptors (Lipinski definition) is 3. The number of carboxylic acids is 1. The summed E-state index contributed by atoms with van der Waals surface area (Å²) < 4.78 is 4.49. The van der Waals surface area contributed by atoms with Crippen LogP contribution in [0.1, 0.15) is 13.8 Å². The topological polar surface area (TPSA) is 63.6 Å². The standard InChI is InChI=1S/C6H9BrO4/c1-3(7)6(10)11-4(2)5(8)9/h3-4H,1-2H3,(H,8,9)/t3-,4-/m0/s1. The molecule has 0 radical (unpaired) electrons. The van der Waals surface area contributed by atoms with Crippen molar-refractivity contribution in [2.24, 2.45) is 0 Å². The minimum Gasteiger partial charge on any atom is -0.479 e. The van der Waals surface area contributed by atoms with Crippen LogP contribution >= 0.6 is 15.9 Å². The van der Waals surface area contributed by atoms with Crippen LogP contribution < -0.4 is 0 Å². The highest BCUT2D eigenvalue weighted by atomic mass is 79.9. The van der Waals surface area contributed by atoms with Crippen LogP contribution in [0.5, 0.6) is 0 Å². The molecule has 0 fully saturated rings. The first-order valence-electron chi connectivity index (χ1n) is 3.02. The zero-order chi connectivity index (χ0) is 9.02. The van der Waals surface area contributed by atoms with E-state index in [0.717, 1.165) is 0 Å². The first-order valence-corrected chi connectivity index (χ1v) is 3.94. The summed E-state index contributed by atoms with van der Waals surface area (Å²) in [7, 11) is 0. The fraction of sp³-hybridized carbons (Fsp3) is 0.667. The Morgan fingerprint density at radius 3 is 2.18 bits per heavy atom. The maximum Gasteiger partial charge on any atom is 0.344 e. The second-order valence-electron chi connectivity index (χ2n) is 2.03. The number of halogens is 1. The average Bonchev–Trinajstić information content (AvgIpc) is 1.87. The lowest BCUT2D eigenvalue weighted by atomic mass is 10.4. The molecule has 0 amide bonds. The molecular weight excluding hydrogens is 216 g/mol.